The van der Waals surface area contributed by atoms with E-state index in [0.717, 1.165) is 74.6 Å². The Labute approximate surface area is 246 Å². The molecule has 0 saturated carbocycles. The Morgan fingerprint density at radius 1 is 0.905 bits per heavy atom. The highest BCUT2D eigenvalue weighted by atomic mass is 16.5. The quantitative estimate of drug-likeness (QED) is 0.297. The molecule has 0 aliphatic carbocycles. The predicted octanol–water partition coefficient (Wildman–Crippen LogP) is 4.48. The summed E-state index contributed by atoms with van der Waals surface area (Å²) < 4.78 is 5.79. The van der Waals surface area contributed by atoms with E-state index in [2.05, 4.69) is 59.7 Å². The third kappa shape index (κ3) is 7.06. The molecule has 1 aromatic carbocycles. The molecule has 0 spiro atoms. The number of aryl methyl sites for hydroxylation is 1. The molecule has 10 nitrogen and oxygen atoms in total. The lowest BCUT2D eigenvalue weighted by molar-refractivity contribution is -0.155. The first-order chi connectivity index (χ1) is 20.6. The number of anilines is 3. The van der Waals surface area contributed by atoms with E-state index in [9.17, 15) is 4.79 Å². The zero-order valence-corrected chi connectivity index (χ0v) is 23.9. The summed E-state index contributed by atoms with van der Waals surface area (Å²) in [4.78, 5) is 37.7. The van der Waals surface area contributed by atoms with Crippen LogP contribution in [0.5, 0.6) is 0 Å². The number of carbonyl (C=O) groups is 1. The molecular weight excluding hydrogens is 528 g/mol. The van der Waals surface area contributed by atoms with Crippen molar-refractivity contribution in [2.75, 3.05) is 36.4 Å². The molecule has 0 radical (unpaired) electrons. The Hall–Kier alpha value is -4.44. The van der Waals surface area contributed by atoms with Crippen LogP contribution in [0.3, 0.4) is 0 Å². The molecular formula is C32H36N8O2. The van der Waals surface area contributed by atoms with Gasteiger partial charge in [-0.05, 0) is 87.7 Å². The first kappa shape index (κ1) is 27.7. The zero-order valence-electron chi connectivity index (χ0n) is 23.9. The average molecular weight is 565 g/mol. The van der Waals surface area contributed by atoms with Crippen molar-refractivity contribution < 1.29 is 9.53 Å². The molecule has 2 aliphatic heterocycles. The highest BCUT2D eigenvalue weighted by molar-refractivity contribution is 5.73. The highest BCUT2D eigenvalue weighted by Gasteiger charge is 2.28. The number of carbonyl (C=O) groups excluding carboxylic acids is 1. The first-order valence-corrected chi connectivity index (χ1v) is 14.7. The van der Waals surface area contributed by atoms with Gasteiger partial charge in [-0.3, -0.25) is 4.79 Å². The van der Waals surface area contributed by atoms with E-state index in [1.165, 1.54) is 5.69 Å². The van der Waals surface area contributed by atoms with Gasteiger partial charge in [0.1, 0.15) is 29.3 Å². The van der Waals surface area contributed by atoms with Crippen LogP contribution in [0, 0.1) is 12.8 Å². The van der Waals surface area contributed by atoms with Crippen LogP contribution in [0.25, 0.3) is 11.5 Å². The van der Waals surface area contributed by atoms with Crippen LogP contribution in [-0.2, 0) is 16.0 Å². The number of nitrogens with one attached hydrogen (secondary N) is 2. The van der Waals surface area contributed by atoms with E-state index in [-0.39, 0.29) is 18.0 Å². The Bertz CT molecular complexity index is 1500. The van der Waals surface area contributed by atoms with Crippen molar-refractivity contribution in [2.45, 2.75) is 45.1 Å². The lowest BCUT2D eigenvalue weighted by atomic mass is 9.96. The number of hydrogen-bond donors (Lipinski definition) is 2. The van der Waals surface area contributed by atoms with Gasteiger partial charge in [0, 0.05) is 43.3 Å². The molecule has 2 aliphatic rings. The molecule has 0 amide bonds. The summed E-state index contributed by atoms with van der Waals surface area (Å²) in [5, 5.41) is 6.58. The number of ether oxygens (including phenoxy) is 1. The van der Waals surface area contributed by atoms with Gasteiger partial charge in [-0.25, -0.2) is 24.9 Å². The second-order valence-electron chi connectivity index (χ2n) is 10.9. The molecule has 10 heteroatoms. The summed E-state index contributed by atoms with van der Waals surface area (Å²) in [6.45, 7) is 5.51. The fourth-order valence-corrected chi connectivity index (χ4v) is 5.46. The highest BCUT2D eigenvalue weighted by Crippen LogP contribution is 2.26. The summed E-state index contributed by atoms with van der Waals surface area (Å²) in [5.41, 5.74) is 3.94. The van der Waals surface area contributed by atoms with E-state index in [4.69, 9.17) is 9.72 Å². The van der Waals surface area contributed by atoms with Crippen molar-refractivity contribution in [3.8, 4) is 11.5 Å². The van der Waals surface area contributed by atoms with Crippen LogP contribution in [0.15, 0.2) is 67.0 Å². The van der Waals surface area contributed by atoms with Gasteiger partial charge in [0.15, 0.2) is 5.82 Å². The minimum absolute atomic E-state index is 0.00147. The van der Waals surface area contributed by atoms with E-state index < -0.39 is 0 Å². The Balaban J connectivity index is 1.02. The standard InChI is InChI=1S/C32H36N8O2/c1-22-3-2-4-27(36-22)31-35-18-12-29(39-31)37-28-11-17-34-30(38-28)21-23-5-7-25(8-6-23)40-19-13-24(14-20-40)32(41)42-26-9-15-33-16-10-26/h2-8,11-12,17-18,24,26,33H,9-10,13-16,19-21H2,1H3,(H,34,35,37,38,39). The Kier molecular flexibility index (Phi) is 8.60. The molecule has 2 N–H and O–H groups in total. The number of aromatic nitrogens is 5. The molecule has 2 fully saturated rings. The molecule has 2 saturated heterocycles. The van der Waals surface area contributed by atoms with Gasteiger partial charge in [-0.1, -0.05) is 18.2 Å². The van der Waals surface area contributed by atoms with Crippen molar-refractivity contribution in [3.63, 3.8) is 0 Å². The number of benzene rings is 1. The van der Waals surface area contributed by atoms with Crippen molar-refractivity contribution >= 4 is 23.3 Å². The third-order valence-corrected chi connectivity index (χ3v) is 7.80. The molecule has 216 valence electrons. The molecule has 42 heavy (non-hydrogen) atoms. The minimum Gasteiger partial charge on any atom is -0.462 e. The van der Waals surface area contributed by atoms with Crippen molar-refractivity contribution in [1.29, 1.82) is 0 Å². The molecule has 0 unspecified atom stereocenters. The van der Waals surface area contributed by atoms with Gasteiger partial charge in [0.25, 0.3) is 0 Å². The predicted molar refractivity (Wildman–Crippen MR) is 161 cm³/mol. The summed E-state index contributed by atoms with van der Waals surface area (Å²) in [5.74, 6) is 2.56. The number of rotatable bonds is 8. The summed E-state index contributed by atoms with van der Waals surface area (Å²) in [6.07, 6.45) is 7.64. The number of esters is 1. The SMILES string of the molecule is Cc1cccc(-c2nccc(Nc3ccnc(Cc4ccc(N5CCC(C(=O)OC6CCNCC6)CC5)cc4)n3)n2)n1. The van der Waals surface area contributed by atoms with E-state index >= 15 is 0 Å². The zero-order chi connectivity index (χ0) is 28.7. The van der Waals surface area contributed by atoms with Crippen LogP contribution in [0.4, 0.5) is 17.3 Å². The van der Waals surface area contributed by atoms with Gasteiger partial charge in [0.2, 0.25) is 0 Å². The first-order valence-electron chi connectivity index (χ1n) is 14.7. The molecule has 0 atom stereocenters. The van der Waals surface area contributed by atoms with Crippen LogP contribution in [0.1, 0.15) is 42.8 Å². The summed E-state index contributed by atoms with van der Waals surface area (Å²) in [6, 6.07) is 18.0. The number of hydrogen-bond acceptors (Lipinski definition) is 10. The fourth-order valence-electron chi connectivity index (χ4n) is 5.46. The lowest BCUT2D eigenvalue weighted by Gasteiger charge is -2.33. The van der Waals surface area contributed by atoms with E-state index in [0.29, 0.717) is 23.9 Å². The minimum atomic E-state index is -0.0166. The lowest BCUT2D eigenvalue weighted by Crippen LogP contribution is -2.39. The maximum absolute atomic E-state index is 12.7. The van der Waals surface area contributed by atoms with Crippen LogP contribution in [0.2, 0.25) is 0 Å². The van der Waals surface area contributed by atoms with E-state index in [1.807, 2.05) is 31.2 Å². The number of pyridine rings is 1. The van der Waals surface area contributed by atoms with Crippen LogP contribution >= 0.6 is 0 Å². The van der Waals surface area contributed by atoms with Crippen LogP contribution in [-0.4, -0.2) is 63.2 Å². The van der Waals surface area contributed by atoms with Gasteiger partial charge < -0.3 is 20.3 Å². The summed E-state index contributed by atoms with van der Waals surface area (Å²) in [7, 11) is 0. The Morgan fingerprint density at radius 2 is 1.64 bits per heavy atom. The number of piperidine rings is 2. The van der Waals surface area contributed by atoms with Gasteiger partial charge in [-0.15, -0.1) is 0 Å². The van der Waals surface area contributed by atoms with Crippen LogP contribution < -0.4 is 15.5 Å². The third-order valence-electron chi connectivity index (χ3n) is 7.80. The van der Waals surface area contributed by atoms with Gasteiger partial charge >= 0.3 is 5.97 Å². The van der Waals surface area contributed by atoms with Gasteiger partial charge in [-0.2, -0.15) is 0 Å². The Morgan fingerprint density at radius 3 is 2.40 bits per heavy atom. The monoisotopic (exact) mass is 564 g/mol. The topological polar surface area (TPSA) is 118 Å². The normalized spacial score (nSPS) is 16.3. The average Bonchev–Trinajstić information content (AvgIpc) is 3.02. The maximum atomic E-state index is 12.7. The number of nitrogens with zero attached hydrogens (tertiary/aromatic N) is 6. The second-order valence-corrected chi connectivity index (χ2v) is 10.9. The van der Waals surface area contributed by atoms with Gasteiger partial charge in [0.05, 0.1) is 5.92 Å². The molecule has 5 heterocycles. The fraction of sp³-hybridized carbons (Fsp3) is 0.375. The van der Waals surface area contributed by atoms with Crippen molar-refractivity contribution in [2.24, 2.45) is 5.92 Å². The summed E-state index contributed by atoms with van der Waals surface area (Å²) >= 11 is 0. The smallest absolute Gasteiger partial charge is 0.309 e. The molecule has 3 aromatic heterocycles. The molecule has 4 aromatic rings. The van der Waals surface area contributed by atoms with Crippen molar-refractivity contribution in [1.82, 2.24) is 30.2 Å². The van der Waals surface area contributed by atoms with E-state index in [1.54, 1.807) is 18.5 Å². The largest absolute Gasteiger partial charge is 0.462 e. The second kappa shape index (κ2) is 13.0. The van der Waals surface area contributed by atoms with Crippen molar-refractivity contribution in [3.05, 3.63) is 84.1 Å². The molecule has 0 bridgehead atoms. The maximum Gasteiger partial charge on any atom is 0.309 e. The molecule has 6 rings (SSSR count).